The first-order chi connectivity index (χ1) is 9.87. The van der Waals surface area contributed by atoms with Gasteiger partial charge in [-0.15, -0.1) is 0 Å². The summed E-state index contributed by atoms with van der Waals surface area (Å²) in [5.74, 6) is 0. The van der Waals surface area contributed by atoms with Gasteiger partial charge >= 0.3 is 0 Å². The minimum atomic E-state index is 0.147. The molecule has 3 nitrogen and oxygen atoms in total. The molecule has 2 aromatic rings. The molecule has 0 aliphatic heterocycles. The number of hydrogen-bond acceptors (Lipinski definition) is 2. The van der Waals surface area contributed by atoms with Gasteiger partial charge in [-0.05, 0) is 59.5 Å². The van der Waals surface area contributed by atoms with E-state index >= 15 is 0 Å². The molecule has 0 spiro atoms. The van der Waals surface area contributed by atoms with Crippen molar-refractivity contribution in [3.05, 3.63) is 36.0 Å². The number of hydrogen-bond donors (Lipinski definition) is 1. The first-order valence-electron chi connectivity index (χ1n) is 7.83. The maximum absolute atomic E-state index is 3.60. The molecule has 116 valence electrons. The van der Waals surface area contributed by atoms with E-state index in [9.17, 15) is 0 Å². The van der Waals surface area contributed by atoms with Crippen LogP contribution in [-0.4, -0.2) is 35.6 Å². The second kappa shape index (κ2) is 6.63. The van der Waals surface area contributed by atoms with Crippen LogP contribution in [0.4, 0.5) is 0 Å². The summed E-state index contributed by atoms with van der Waals surface area (Å²) in [5.41, 5.74) is 2.89. The van der Waals surface area contributed by atoms with Gasteiger partial charge in [0, 0.05) is 35.7 Å². The highest BCUT2D eigenvalue weighted by atomic mass is 15.1. The molecule has 0 aliphatic carbocycles. The summed E-state index contributed by atoms with van der Waals surface area (Å²) < 4.78 is 2.40. The van der Waals surface area contributed by atoms with Gasteiger partial charge in [-0.25, -0.2) is 0 Å². The van der Waals surface area contributed by atoms with Crippen LogP contribution in [0.25, 0.3) is 10.9 Å². The Balaban J connectivity index is 2.18. The second-order valence-electron chi connectivity index (χ2n) is 7.13. The molecule has 0 aliphatic rings. The predicted octanol–water partition coefficient (Wildman–Crippen LogP) is 3.48. The van der Waals surface area contributed by atoms with Gasteiger partial charge in [0.15, 0.2) is 0 Å². The lowest BCUT2D eigenvalue weighted by Crippen LogP contribution is -2.34. The van der Waals surface area contributed by atoms with Gasteiger partial charge in [-0.3, -0.25) is 0 Å². The van der Waals surface area contributed by atoms with E-state index in [4.69, 9.17) is 0 Å². The minimum Gasteiger partial charge on any atom is -0.347 e. The van der Waals surface area contributed by atoms with Crippen LogP contribution in [0.2, 0.25) is 0 Å². The molecule has 1 N–H and O–H groups in total. The largest absolute Gasteiger partial charge is 0.347 e. The van der Waals surface area contributed by atoms with E-state index in [0.717, 1.165) is 19.6 Å². The minimum absolute atomic E-state index is 0.147. The van der Waals surface area contributed by atoms with Gasteiger partial charge in [0.2, 0.25) is 0 Å². The number of nitrogens with one attached hydrogen (secondary N) is 1. The van der Waals surface area contributed by atoms with Gasteiger partial charge in [0.05, 0.1) is 0 Å². The van der Waals surface area contributed by atoms with Crippen molar-refractivity contribution in [2.75, 3.05) is 20.6 Å². The van der Waals surface area contributed by atoms with Crippen molar-refractivity contribution < 1.29 is 0 Å². The second-order valence-corrected chi connectivity index (χ2v) is 7.13. The zero-order valence-electron chi connectivity index (χ0n) is 14.1. The molecule has 0 radical (unpaired) electrons. The lowest BCUT2D eigenvalue weighted by Gasteiger charge is -2.20. The smallest absolute Gasteiger partial charge is 0.0483 e. The number of aromatic nitrogens is 1. The Labute approximate surface area is 128 Å². The molecule has 21 heavy (non-hydrogen) atoms. The van der Waals surface area contributed by atoms with Crippen LogP contribution >= 0.6 is 0 Å². The van der Waals surface area contributed by atoms with Crippen molar-refractivity contribution >= 4 is 10.9 Å². The Hall–Kier alpha value is -1.32. The third-order valence-corrected chi connectivity index (χ3v) is 3.68. The van der Waals surface area contributed by atoms with Crippen LogP contribution in [0.15, 0.2) is 30.5 Å². The number of nitrogens with zero attached hydrogens (tertiary/aromatic N) is 2. The molecule has 0 saturated carbocycles. The number of para-hydroxylation sites is 1. The number of fused-ring (bicyclic) bond motifs is 1. The third kappa shape index (κ3) is 4.58. The lowest BCUT2D eigenvalue weighted by atomic mass is 10.1. The maximum atomic E-state index is 3.60. The lowest BCUT2D eigenvalue weighted by molar-refractivity contribution is 0.387. The van der Waals surface area contributed by atoms with Crippen molar-refractivity contribution in [3.63, 3.8) is 0 Å². The zero-order chi connectivity index (χ0) is 15.5. The fraction of sp³-hybridized carbons (Fsp3) is 0.556. The molecule has 0 saturated heterocycles. The van der Waals surface area contributed by atoms with E-state index < -0.39 is 0 Å². The van der Waals surface area contributed by atoms with Crippen molar-refractivity contribution in [1.82, 2.24) is 14.8 Å². The molecule has 1 heterocycles. The monoisotopic (exact) mass is 287 g/mol. The summed E-state index contributed by atoms with van der Waals surface area (Å²) in [6.07, 6.45) is 3.50. The molecule has 0 atom stereocenters. The maximum Gasteiger partial charge on any atom is 0.0483 e. The molecule has 1 aromatic carbocycles. The highest BCUT2D eigenvalue weighted by Crippen LogP contribution is 2.22. The Morgan fingerprint density at radius 3 is 2.52 bits per heavy atom. The van der Waals surface area contributed by atoms with Gasteiger partial charge in [-0.2, -0.15) is 0 Å². The summed E-state index contributed by atoms with van der Waals surface area (Å²) in [5, 5.41) is 4.97. The SMILES string of the molecule is CN(C)CCCn1cc(CNC(C)(C)C)c2ccccc21. The summed E-state index contributed by atoms with van der Waals surface area (Å²) in [6.45, 7) is 9.76. The van der Waals surface area contributed by atoms with Gasteiger partial charge in [0.1, 0.15) is 0 Å². The first kappa shape index (κ1) is 16.1. The highest BCUT2D eigenvalue weighted by Gasteiger charge is 2.12. The van der Waals surface area contributed by atoms with Crippen molar-refractivity contribution in [2.24, 2.45) is 0 Å². The Morgan fingerprint density at radius 2 is 1.86 bits per heavy atom. The number of aryl methyl sites for hydroxylation is 1. The first-order valence-corrected chi connectivity index (χ1v) is 7.83. The van der Waals surface area contributed by atoms with Crippen molar-refractivity contribution in [3.8, 4) is 0 Å². The quantitative estimate of drug-likeness (QED) is 0.878. The van der Waals surface area contributed by atoms with Crippen LogP contribution in [0, 0.1) is 0 Å². The van der Waals surface area contributed by atoms with Crippen LogP contribution in [0.3, 0.4) is 0 Å². The fourth-order valence-corrected chi connectivity index (χ4v) is 2.57. The van der Waals surface area contributed by atoms with E-state index in [2.05, 4.69) is 80.1 Å². The molecular weight excluding hydrogens is 258 g/mol. The highest BCUT2D eigenvalue weighted by molar-refractivity contribution is 5.83. The molecule has 1 aromatic heterocycles. The Bertz CT molecular complexity index is 576. The predicted molar refractivity (Wildman–Crippen MR) is 91.7 cm³/mol. The molecular formula is C18H29N3. The van der Waals surface area contributed by atoms with Crippen molar-refractivity contribution in [2.45, 2.75) is 45.8 Å². The molecule has 0 amide bonds. The van der Waals surface area contributed by atoms with E-state index in [1.807, 2.05) is 0 Å². The number of rotatable bonds is 6. The molecule has 2 rings (SSSR count). The van der Waals surface area contributed by atoms with Crippen LogP contribution in [-0.2, 0) is 13.1 Å². The van der Waals surface area contributed by atoms with E-state index in [1.54, 1.807) is 0 Å². The van der Waals surface area contributed by atoms with Gasteiger partial charge < -0.3 is 14.8 Å². The topological polar surface area (TPSA) is 20.2 Å². The average Bonchev–Trinajstić information content (AvgIpc) is 2.74. The van der Waals surface area contributed by atoms with E-state index in [-0.39, 0.29) is 5.54 Å². The summed E-state index contributed by atoms with van der Waals surface area (Å²) in [4.78, 5) is 2.24. The number of benzene rings is 1. The van der Waals surface area contributed by atoms with Gasteiger partial charge in [0.25, 0.3) is 0 Å². The molecule has 3 heteroatoms. The Morgan fingerprint density at radius 1 is 1.14 bits per heavy atom. The van der Waals surface area contributed by atoms with E-state index in [1.165, 1.54) is 22.9 Å². The van der Waals surface area contributed by atoms with Crippen LogP contribution < -0.4 is 5.32 Å². The van der Waals surface area contributed by atoms with E-state index in [0.29, 0.717) is 0 Å². The fourth-order valence-electron chi connectivity index (χ4n) is 2.57. The summed E-state index contributed by atoms with van der Waals surface area (Å²) in [6, 6.07) is 8.72. The Kier molecular flexibility index (Phi) is 5.07. The summed E-state index contributed by atoms with van der Waals surface area (Å²) in [7, 11) is 4.26. The molecule has 0 bridgehead atoms. The molecule has 0 unspecified atom stereocenters. The zero-order valence-corrected chi connectivity index (χ0v) is 14.1. The normalized spacial score (nSPS) is 12.5. The standard InChI is InChI=1S/C18H29N3/c1-18(2,3)19-13-15-14-21(12-8-11-20(4)5)17-10-7-6-9-16(15)17/h6-7,9-10,14,19H,8,11-13H2,1-5H3. The third-order valence-electron chi connectivity index (χ3n) is 3.68. The summed E-state index contributed by atoms with van der Waals surface area (Å²) >= 11 is 0. The van der Waals surface area contributed by atoms with Crippen LogP contribution in [0.5, 0.6) is 0 Å². The van der Waals surface area contributed by atoms with Gasteiger partial charge in [-0.1, -0.05) is 18.2 Å². The average molecular weight is 287 g/mol. The van der Waals surface area contributed by atoms with Crippen LogP contribution in [0.1, 0.15) is 32.8 Å². The van der Waals surface area contributed by atoms with Crippen molar-refractivity contribution in [1.29, 1.82) is 0 Å². The molecule has 0 fully saturated rings.